The Kier molecular flexibility index (Phi) is 15.1. The first-order chi connectivity index (χ1) is 15.0. The highest BCUT2D eigenvalue weighted by atomic mass is 35.5. The molecule has 0 radical (unpaired) electrons. The van der Waals surface area contributed by atoms with Gasteiger partial charge in [0.25, 0.3) is 0 Å². The average Bonchev–Trinajstić information content (AvgIpc) is 2.76. The number of halogens is 1. The van der Waals surface area contributed by atoms with Crippen molar-refractivity contribution in [1.82, 2.24) is 0 Å². The largest absolute Gasteiger partial charge is 0.463 e. The Balaban J connectivity index is 2.31. The zero-order valence-electron chi connectivity index (χ0n) is 19.7. The van der Waals surface area contributed by atoms with Crippen molar-refractivity contribution >= 4 is 23.5 Å². The molecule has 0 heterocycles. The van der Waals surface area contributed by atoms with Crippen molar-refractivity contribution in [1.29, 1.82) is 0 Å². The van der Waals surface area contributed by atoms with Gasteiger partial charge in [0.15, 0.2) is 6.10 Å². The maximum Gasteiger partial charge on any atom is 0.347 e. The number of esters is 2. The normalized spacial score (nSPS) is 11.9. The lowest BCUT2D eigenvalue weighted by molar-refractivity contribution is -0.154. The van der Waals surface area contributed by atoms with Crippen molar-refractivity contribution in [2.24, 2.45) is 0 Å². The lowest BCUT2D eigenvalue weighted by Gasteiger charge is -2.17. The van der Waals surface area contributed by atoms with Crippen LogP contribution >= 0.6 is 11.6 Å². The predicted octanol–water partition coefficient (Wildman–Crippen LogP) is 7.83. The molecule has 1 aromatic carbocycles. The molecule has 0 amide bonds. The van der Waals surface area contributed by atoms with Gasteiger partial charge in [-0.2, -0.15) is 0 Å². The van der Waals surface area contributed by atoms with E-state index in [9.17, 15) is 9.59 Å². The molecule has 0 aliphatic rings. The number of ether oxygens (including phenoxy) is 2. The maximum atomic E-state index is 12.5. The smallest absolute Gasteiger partial charge is 0.347 e. The van der Waals surface area contributed by atoms with Crippen LogP contribution in [-0.2, 0) is 14.3 Å². The first-order valence-electron chi connectivity index (χ1n) is 12.1. The van der Waals surface area contributed by atoms with Crippen molar-refractivity contribution in [3.05, 3.63) is 34.3 Å². The third-order valence-electron chi connectivity index (χ3n) is 5.47. The number of hydrogen-bond acceptors (Lipinski definition) is 4. The van der Waals surface area contributed by atoms with Gasteiger partial charge in [-0.1, -0.05) is 89.7 Å². The molecule has 0 aliphatic carbocycles. The van der Waals surface area contributed by atoms with Gasteiger partial charge in [0, 0.05) is 5.02 Å². The molecule has 176 valence electrons. The van der Waals surface area contributed by atoms with Gasteiger partial charge in [-0.05, 0) is 49.9 Å². The van der Waals surface area contributed by atoms with Crippen molar-refractivity contribution in [2.75, 3.05) is 6.61 Å². The second-order valence-electron chi connectivity index (χ2n) is 8.35. The van der Waals surface area contributed by atoms with E-state index in [0.717, 1.165) is 31.2 Å². The van der Waals surface area contributed by atoms with E-state index in [-0.39, 0.29) is 0 Å². The van der Waals surface area contributed by atoms with Crippen molar-refractivity contribution in [3.8, 4) is 0 Å². The number of carbonyl (C=O) groups is 2. The standard InChI is InChI=1S/C26H41ClO4/c1-4-6-8-9-10-11-12-13-14-15-19-30-26(29)24(16-7-5-2)31-25(28)22-17-18-23(27)21(3)20-22/h17-18,20,24H,4-16,19H2,1-3H3. The topological polar surface area (TPSA) is 52.6 Å². The Morgan fingerprint density at radius 2 is 1.45 bits per heavy atom. The van der Waals surface area contributed by atoms with E-state index in [4.69, 9.17) is 21.1 Å². The summed E-state index contributed by atoms with van der Waals surface area (Å²) < 4.78 is 10.9. The molecule has 0 N–H and O–H groups in total. The van der Waals surface area contributed by atoms with Gasteiger partial charge in [0.2, 0.25) is 0 Å². The van der Waals surface area contributed by atoms with Crippen LogP contribution in [0, 0.1) is 6.92 Å². The minimum atomic E-state index is -0.855. The summed E-state index contributed by atoms with van der Waals surface area (Å²) in [6.07, 6.45) is 13.6. The van der Waals surface area contributed by atoms with Gasteiger partial charge in [-0.15, -0.1) is 0 Å². The second kappa shape index (κ2) is 17.1. The van der Waals surface area contributed by atoms with E-state index in [0.29, 0.717) is 23.6 Å². The number of rotatable bonds is 17. The van der Waals surface area contributed by atoms with Crippen LogP contribution in [0.25, 0.3) is 0 Å². The molecule has 1 rings (SSSR count). The fraction of sp³-hybridized carbons (Fsp3) is 0.692. The maximum absolute atomic E-state index is 12.5. The summed E-state index contributed by atoms with van der Waals surface area (Å²) in [6.45, 7) is 6.49. The molecule has 0 saturated heterocycles. The molecule has 0 aliphatic heterocycles. The van der Waals surface area contributed by atoms with E-state index < -0.39 is 18.0 Å². The minimum Gasteiger partial charge on any atom is -0.463 e. The summed E-state index contributed by atoms with van der Waals surface area (Å²) in [5, 5.41) is 0.593. The van der Waals surface area contributed by atoms with E-state index in [1.807, 2.05) is 13.8 Å². The molecular formula is C26H41ClO4. The molecule has 0 saturated carbocycles. The molecule has 0 spiro atoms. The van der Waals surface area contributed by atoms with Crippen LogP contribution < -0.4 is 0 Å². The number of unbranched alkanes of at least 4 members (excludes halogenated alkanes) is 10. The third kappa shape index (κ3) is 12.2. The molecule has 1 aromatic rings. The number of aryl methyl sites for hydroxylation is 1. The summed E-state index contributed by atoms with van der Waals surface area (Å²) >= 11 is 6.02. The number of carbonyl (C=O) groups excluding carboxylic acids is 2. The van der Waals surface area contributed by atoms with Crippen LogP contribution in [0.2, 0.25) is 5.02 Å². The molecule has 4 nitrogen and oxygen atoms in total. The number of benzene rings is 1. The Morgan fingerprint density at radius 3 is 2.03 bits per heavy atom. The zero-order chi connectivity index (χ0) is 22.9. The van der Waals surface area contributed by atoms with Crippen LogP contribution in [0.3, 0.4) is 0 Å². The predicted molar refractivity (Wildman–Crippen MR) is 128 cm³/mol. The molecule has 1 atom stereocenters. The first kappa shape index (κ1) is 27.5. The minimum absolute atomic E-state index is 0.384. The fourth-order valence-corrected chi connectivity index (χ4v) is 3.56. The van der Waals surface area contributed by atoms with Crippen LogP contribution in [-0.4, -0.2) is 24.6 Å². The highest BCUT2D eigenvalue weighted by molar-refractivity contribution is 6.31. The summed E-state index contributed by atoms with van der Waals surface area (Å²) in [5.74, 6) is -0.958. The van der Waals surface area contributed by atoms with Crippen LogP contribution in [0.15, 0.2) is 18.2 Å². The SMILES string of the molecule is CCCCCCCCCCCCOC(=O)C(CCCC)OC(=O)c1ccc(Cl)c(C)c1. The van der Waals surface area contributed by atoms with Gasteiger partial charge < -0.3 is 9.47 Å². The molecule has 1 unspecified atom stereocenters. The first-order valence-corrected chi connectivity index (χ1v) is 12.5. The lowest BCUT2D eigenvalue weighted by Crippen LogP contribution is -2.29. The highest BCUT2D eigenvalue weighted by Gasteiger charge is 2.25. The van der Waals surface area contributed by atoms with Gasteiger partial charge in [-0.25, -0.2) is 9.59 Å². The Hall–Kier alpha value is -1.55. The van der Waals surface area contributed by atoms with E-state index in [2.05, 4.69) is 6.92 Å². The van der Waals surface area contributed by atoms with Gasteiger partial charge in [0.1, 0.15) is 0 Å². The van der Waals surface area contributed by atoms with Crippen LogP contribution in [0.4, 0.5) is 0 Å². The van der Waals surface area contributed by atoms with Crippen molar-refractivity contribution in [2.45, 2.75) is 110 Å². The number of hydrogen-bond donors (Lipinski definition) is 0. The summed E-state index contributed by atoms with van der Waals surface area (Å²) in [4.78, 5) is 24.9. The second-order valence-corrected chi connectivity index (χ2v) is 8.76. The Labute approximate surface area is 194 Å². The molecule has 0 fully saturated rings. The lowest BCUT2D eigenvalue weighted by atomic mass is 10.1. The Bertz CT molecular complexity index is 644. The zero-order valence-corrected chi connectivity index (χ0v) is 20.5. The summed E-state index contributed by atoms with van der Waals surface area (Å²) in [5.41, 5.74) is 1.19. The van der Waals surface area contributed by atoms with E-state index in [1.54, 1.807) is 18.2 Å². The molecule has 5 heteroatoms. The van der Waals surface area contributed by atoms with Crippen LogP contribution in [0.5, 0.6) is 0 Å². The summed E-state index contributed by atoms with van der Waals surface area (Å²) in [7, 11) is 0. The van der Waals surface area contributed by atoms with Crippen LogP contribution in [0.1, 0.15) is 113 Å². The monoisotopic (exact) mass is 452 g/mol. The van der Waals surface area contributed by atoms with Crippen molar-refractivity contribution in [3.63, 3.8) is 0 Å². The molecule has 0 bridgehead atoms. The van der Waals surface area contributed by atoms with Gasteiger partial charge in [-0.3, -0.25) is 0 Å². The van der Waals surface area contributed by atoms with E-state index >= 15 is 0 Å². The third-order valence-corrected chi connectivity index (χ3v) is 5.89. The average molecular weight is 453 g/mol. The molecule has 0 aromatic heterocycles. The Morgan fingerprint density at radius 1 is 0.871 bits per heavy atom. The van der Waals surface area contributed by atoms with Gasteiger partial charge >= 0.3 is 11.9 Å². The van der Waals surface area contributed by atoms with Gasteiger partial charge in [0.05, 0.1) is 12.2 Å². The fourth-order valence-electron chi connectivity index (χ4n) is 3.44. The molecular weight excluding hydrogens is 412 g/mol. The molecule has 31 heavy (non-hydrogen) atoms. The van der Waals surface area contributed by atoms with E-state index in [1.165, 1.54) is 51.4 Å². The van der Waals surface area contributed by atoms with Crippen molar-refractivity contribution < 1.29 is 19.1 Å². The summed E-state index contributed by atoms with van der Waals surface area (Å²) in [6, 6.07) is 4.96. The highest BCUT2D eigenvalue weighted by Crippen LogP contribution is 2.18. The quantitative estimate of drug-likeness (QED) is 0.178.